The Hall–Kier alpha value is -2.86. The standard InChI is InChI=1S/C16H12N2O/c17-12-14-8-4-5-9-15(14)18-16(19)11-10-13-6-2-1-3-7-13/h1-11H,(H,18,19). The van der Waals surface area contributed by atoms with Crippen LogP contribution in [-0.2, 0) is 4.79 Å². The first-order chi connectivity index (χ1) is 9.29. The third-order valence-electron chi connectivity index (χ3n) is 2.53. The molecule has 0 aliphatic carbocycles. The number of hydrogen-bond acceptors (Lipinski definition) is 2. The molecule has 0 atom stereocenters. The van der Waals surface area contributed by atoms with Gasteiger partial charge in [0, 0.05) is 6.08 Å². The predicted molar refractivity (Wildman–Crippen MR) is 75.3 cm³/mol. The lowest BCUT2D eigenvalue weighted by atomic mass is 10.2. The Morgan fingerprint density at radius 1 is 1.05 bits per heavy atom. The predicted octanol–water partition coefficient (Wildman–Crippen LogP) is 3.21. The van der Waals surface area contributed by atoms with Crippen LogP contribution in [-0.4, -0.2) is 5.91 Å². The molecule has 2 rings (SSSR count). The smallest absolute Gasteiger partial charge is 0.248 e. The summed E-state index contributed by atoms with van der Waals surface area (Å²) in [5.41, 5.74) is 1.92. The molecule has 0 spiro atoms. The molecule has 0 unspecified atom stereocenters. The van der Waals surface area contributed by atoms with E-state index in [1.165, 1.54) is 6.08 Å². The Morgan fingerprint density at radius 2 is 1.74 bits per heavy atom. The zero-order valence-electron chi connectivity index (χ0n) is 10.2. The number of nitrogens with zero attached hydrogens (tertiary/aromatic N) is 1. The van der Waals surface area contributed by atoms with Crippen LogP contribution in [0.5, 0.6) is 0 Å². The van der Waals surface area contributed by atoms with Gasteiger partial charge in [-0.1, -0.05) is 42.5 Å². The van der Waals surface area contributed by atoms with E-state index < -0.39 is 0 Å². The van der Waals surface area contributed by atoms with Crippen LogP contribution < -0.4 is 5.32 Å². The van der Waals surface area contributed by atoms with Gasteiger partial charge < -0.3 is 5.32 Å². The second-order valence-corrected chi connectivity index (χ2v) is 3.89. The highest BCUT2D eigenvalue weighted by molar-refractivity contribution is 6.02. The van der Waals surface area contributed by atoms with Crippen LogP contribution in [0, 0.1) is 11.3 Å². The van der Waals surface area contributed by atoms with Gasteiger partial charge in [-0.2, -0.15) is 5.26 Å². The monoisotopic (exact) mass is 248 g/mol. The molecule has 0 aromatic heterocycles. The molecule has 0 aliphatic heterocycles. The summed E-state index contributed by atoms with van der Waals surface area (Å²) in [6.45, 7) is 0. The number of benzene rings is 2. The van der Waals surface area contributed by atoms with E-state index >= 15 is 0 Å². The molecule has 0 heterocycles. The van der Waals surface area contributed by atoms with Crippen molar-refractivity contribution in [2.75, 3.05) is 5.32 Å². The van der Waals surface area contributed by atoms with Gasteiger partial charge in [0.05, 0.1) is 11.3 Å². The zero-order valence-corrected chi connectivity index (χ0v) is 10.2. The normalized spacial score (nSPS) is 10.1. The van der Waals surface area contributed by atoms with Crippen LogP contribution in [0.15, 0.2) is 60.7 Å². The molecule has 0 saturated heterocycles. The van der Waals surface area contributed by atoms with Crippen molar-refractivity contribution in [3.8, 4) is 6.07 Å². The van der Waals surface area contributed by atoms with Gasteiger partial charge >= 0.3 is 0 Å². The minimum atomic E-state index is -0.258. The van der Waals surface area contributed by atoms with Crippen LogP contribution in [0.4, 0.5) is 5.69 Å². The lowest BCUT2D eigenvalue weighted by molar-refractivity contribution is -0.111. The topological polar surface area (TPSA) is 52.9 Å². The average molecular weight is 248 g/mol. The third-order valence-corrected chi connectivity index (χ3v) is 2.53. The SMILES string of the molecule is N#Cc1ccccc1NC(=O)C=Cc1ccccc1. The molecule has 0 aliphatic rings. The van der Waals surface area contributed by atoms with E-state index in [1.54, 1.807) is 30.3 Å². The number of amides is 1. The fraction of sp³-hybridized carbons (Fsp3) is 0. The Bertz CT molecular complexity index is 639. The molecule has 2 aromatic carbocycles. The number of rotatable bonds is 3. The van der Waals surface area contributed by atoms with E-state index in [0.717, 1.165) is 5.56 Å². The first-order valence-electron chi connectivity index (χ1n) is 5.83. The Kier molecular flexibility index (Phi) is 4.09. The number of carbonyl (C=O) groups excluding carboxylic acids is 1. The highest BCUT2D eigenvalue weighted by Gasteiger charge is 2.02. The van der Waals surface area contributed by atoms with Crippen molar-refractivity contribution in [1.82, 2.24) is 0 Å². The van der Waals surface area contributed by atoms with E-state index in [2.05, 4.69) is 5.32 Å². The highest BCUT2D eigenvalue weighted by Crippen LogP contribution is 2.13. The second-order valence-electron chi connectivity index (χ2n) is 3.89. The van der Waals surface area contributed by atoms with Crippen molar-refractivity contribution in [3.63, 3.8) is 0 Å². The molecule has 2 aromatic rings. The number of para-hydroxylation sites is 1. The Morgan fingerprint density at radius 3 is 2.47 bits per heavy atom. The third kappa shape index (κ3) is 3.55. The molecule has 0 fully saturated rings. The second kappa shape index (κ2) is 6.18. The lowest BCUT2D eigenvalue weighted by Crippen LogP contribution is -2.08. The van der Waals surface area contributed by atoms with E-state index in [4.69, 9.17) is 5.26 Å². The number of nitrogens with one attached hydrogen (secondary N) is 1. The van der Waals surface area contributed by atoms with Crippen molar-refractivity contribution in [3.05, 3.63) is 71.8 Å². The molecular weight excluding hydrogens is 236 g/mol. The molecule has 1 N–H and O–H groups in total. The van der Waals surface area contributed by atoms with Gasteiger partial charge in [0.2, 0.25) is 5.91 Å². The summed E-state index contributed by atoms with van der Waals surface area (Å²) in [4.78, 5) is 11.7. The minimum Gasteiger partial charge on any atom is -0.321 e. The van der Waals surface area contributed by atoms with E-state index in [1.807, 2.05) is 36.4 Å². The van der Waals surface area contributed by atoms with Crippen LogP contribution in [0.1, 0.15) is 11.1 Å². The van der Waals surface area contributed by atoms with Gasteiger partial charge in [-0.05, 0) is 23.8 Å². The summed E-state index contributed by atoms with van der Waals surface area (Å²) in [5.74, 6) is -0.258. The van der Waals surface area contributed by atoms with Gasteiger partial charge in [-0.25, -0.2) is 0 Å². The lowest BCUT2D eigenvalue weighted by Gasteiger charge is -2.03. The summed E-state index contributed by atoms with van der Waals surface area (Å²) in [7, 11) is 0. The first kappa shape index (κ1) is 12.6. The van der Waals surface area contributed by atoms with Crippen LogP contribution >= 0.6 is 0 Å². The number of nitriles is 1. The number of hydrogen-bond donors (Lipinski definition) is 1. The van der Waals surface area contributed by atoms with E-state index in [-0.39, 0.29) is 5.91 Å². The molecule has 0 saturated carbocycles. The summed E-state index contributed by atoms with van der Waals surface area (Å²) < 4.78 is 0. The van der Waals surface area contributed by atoms with Crippen LogP contribution in [0.2, 0.25) is 0 Å². The molecule has 3 heteroatoms. The molecule has 19 heavy (non-hydrogen) atoms. The quantitative estimate of drug-likeness (QED) is 0.848. The molecule has 0 bridgehead atoms. The zero-order chi connectivity index (χ0) is 13.5. The summed E-state index contributed by atoms with van der Waals surface area (Å²) in [6.07, 6.45) is 3.17. The van der Waals surface area contributed by atoms with Gasteiger partial charge in [-0.15, -0.1) is 0 Å². The summed E-state index contributed by atoms with van der Waals surface area (Å²) in [6, 6.07) is 18.5. The van der Waals surface area contributed by atoms with Gasteiger partial charge in [0.1, 0.15) is 6.07 Å². The maximum atomic E-state index is 11.7. The van der Waals surface area contributed by atoms with Gasteiger partial charge in [0.25, 0.3) is 0 Å². The van der Waals surface area contributed by atoms with Crippen LogP contribution in [0.3, 0.4) is 0 Å². The van der Waals surface area contributed by atoms with Crippen molar-refractivity contribution >= 4 is 17.7 Å². The number of carbonyl (C=O) groups is 1. The fourth-order valence-corrected chi connectivity index (χ4v) is 1.60. The van der Waals surface area contributed by atoms with E-state index in [0.29, 0.717) is 11.3 Å². The minimum absolute atomic E-state index is 0.258. The van der Waals surface area contributed by atoms with Crippen LogP contribution in [0.25, 0.3) is 6.08 Å². The highest BCUT2D eigenvalue weighted by atomic mass is 16.1. The molecule has 1 amide bonds. The largest absolute Gasteiger partial charge is 0.321 e. The fourth-order valence-electron chi connectivity index (χ4n) is 1.60. The Balaban J connectivity index is 2.06. The molecule has 92 valence electrons. The van der Waals surface area contributed by atoms with Gasteiger partial charge in [-0.3, -0.25) is 4.79 Å². The molecule has 3 nitrogen and oxygen atoms in total. The van der Waals surface area contributed by atoms with Crippen molar-refractivity contribution in [1.29, 1.82) is 5.26 Å². The molecule has 0 radical (unpaired) electrons. The maximum absolute atomic E-state index is 11.7. The molecular formula is C16H12N2O. The number of anilines is 1. The Labute approximate surface area is 111 Å². The average Bonchev–Trinajstić information content (AvgIpc) is 2.47. The van der Waals surface area contributed by atoms with Crippen molar-refractivity contribution in [2.45, 2.75) is 0 Å². The first-order valence-corrected chi connectivity index (χ1v) is 5.83. The maximum Gasteiger partial charge on any atom is 0.248 e. The van der Waals surface area contributed by atoms with E-state index in [9.17, 15) is 4.79 Å². The van der Waals surface area contributed by atoms with Crippen molar-refractivity contribution < 1.29 is 4.79 Å². The van der Waals surface area contributed by atoms with Gasteiger partial charge in [0.15, 0.2) is 0 Å². The summed E-state index contributed by atoms with van der Waals surface area (Å²) >= 11 is 0. The van der Waals surface area contributed by atoms with Crippen molar-refractivity contribution in [2.24, 2.45) is 0 Å². The summed E-state index contributed by atoms with van der Waals surface area (Å²) in [5, 5.41) is 11.6.